The number of rotatable bonds is 1. The lowest BCUT2D eigenvalue weighted by Crippen LogP contribution is -1.87. The summed E-state index contributed by atoms with van der Waals surface area (Å²) in [5.74, 6) is 0. The Labute approximate surface area is 134 Å². The molecule has 106 valence electrons. The van der Waals surface area contributed by atoms with E-state index in [9.17, 15) is 0 Å². The zero-order valence-electron chi connectivity index (χ0n) is 11.9. The van der Waals surface area contributed by atoms with Crippen LogP contribution in [-0.2, 0) is 0 Å². The van der Waals surface area contributed by atoms with Crippen molar-refractivity contribution in [3.63, 3.8) is 0 Å². The summed E-state index contributed by atoms with van der Waals surface area (Å²) in [5, 5.41) is 0.749. The van der Waals surface area contributed by atoms with Gasteiger partial charge in [-0.05, 0) is 63.7 Å². The minimum Gasteiger partial charge on any atom is -0.399 e. The summed E-state index contributed by atoms with van der Waals surface area (Å²) in [6.45, 7) is 0. The highest BCUT2D eigenvalue weighted by atomic mass is 35.5. The van der Waals surface area contributed by atoms with Crippen LogP contribution in [0.25, 0.3) is 22.8 Å². The Morgan fingerprint density at radius 2 is 1.41 bits per heavy atom. The molecule has 1 aliphatic carbocycles. The zero-order valence-corrected chi connectivity index (χ0v) is 12.6. The zero-order chi connectivity index (χ0) is 15.1. The molecule has 4 rings (SSSR count). The van der Waals surface area contributed by atoms with Gasteiger partial charge in [-0.2, -0.15) is 0 Å². The first-order valence-electron chi connectivity index (χ1n) is 7.19. The standard InChI is InChI=1S/C20H14ClN/c21-14-7-5-13(6-8-14)11-19-17-4-2-1-3-16(17)18-10-9-15(22)12-20(18)19/h1-12H,22H2/b19-11+. The number of halogens is 1. The summed E-state index contributed by atoms with van der Waals surface area (Å²) in [5.41, 5.74) is 14.1. The Morgan fingerprint density at radius 3 is 2.18 bits per heavy atom. The third kappa shape index (κ3) is 2.11. The maximum atomic E-state index is 6.00. The van der Waals surface area contributed by atoms with E-state index in [1.165, 1.54) is 27.8 Å². The van der Waals surface area contributed by atoms with Crippen LogP contribution >= 0.6 is 11.6 Å². The van der Waals surface area contributed by atoms with Gasteiger partial charge in [0, 0.05) is 10.7 Å². The van der Waals surface area contributed by atoms with E-state index >= 15 is 0 Å². The molecule has 0 atom stereocenters. The Balaban J connectivity index is 1.96. The second kappa shape index (κ2) is 5.04. The van der Waals surface area contributed by atoms with Crippen molar-refractivity contribution >= 4 is 28.9 Å². The fourth-order valence-corrected chi connectivity index (χ4v) is 3.12. The second-order valence-electron chi connectivity index (χ2n) is 5.46. The molecule has 0 bridgehead atoms. The van der Waals surface area contributed by atoms with E-state index in [1.54, 1.807) is 0 Å². The largest absolute Gasteiger partial charge is 0.399 e. The summed E-state index contributed by atoms with van der Waals surface area (Å²) in [6, 6.07) is 22.5. The summed E-state index contributed by atoms with van der Waals surface area (Å²) in [6.07, 6.45) is 2.19. The Bertz CT molecular complexity index is 892. The molecule has 0 aromatic heterocycles. The van der Waals surface area contributed by atoms with Gasteiger partial charge in [0.25, 0.3) is 0 Å². The van der Waals surface area contributed by atoms with Gasteiger partial charge >= 0.3 is 0 Å². The average Bonchev–Trinajstić information content (AvgIpc) is 2.83. The molecule has 0 unspecified atom stereocenters. The molecule has 0 heterocycles. The van der Waals surface area contributed by atoms with E-state index in [0.29, 0.717) is 0 Å². The molecule has 2 N–H and O–H groups in total. The van der Waals surface area contributed by atoms with Crippen LogP contribution in [0.1, 0.15) is 16.7 Å². The molecule has 3 aromatic carbocycles. The number of anilines is 1. The van der Waals surface area contributed by atoms with Gasteiger partial charge in [-0.1, -0.05) is 54.1 Å². The van der Waals surface area contributed by atoms with Gasteiger partial charge in [-0.3, -0.25) is 0 Å². The SMILES string of the molecule is Nc1ccc2c(c1)/C(=C/c1ccc(Cl)cc1)c1ccccc1-2. The first-order valence-corrected chi connectivity index (χ1v) is 7.57. The first kappa shape index (κ1) is 13.2. The van der Waals surface area contributed by atoms with Crippen molar-refractivity contribution in [2.75, 3.05) is 5.73 Å². The van der Waals surface area contributed by atoms with Crippen molar-refractivity contribution in [1.29, 1.82) is 0 Å². The molecule has 0 radical (unpaired) electrons. The van der Waals surface area contributed by atoms with Crippen molar-refractivity contribution < 1.29 is 0 Å². The lowest BCUT2D eigenvalue weighted by atomic mass is 10.0. The van der Waals surface area contributed by atoms with E-state index in [1.807, 2.05) is 30.3 Å². The summed E-state index contributed by atoms with van der Waals surface area (Å²) >= 11 is 5.97. The molecule has 3 aromatic rings. The number of nitrogens with two attached hydrogens (primary N) is 1. The maximum Gasteiger partial charge on any atom is 0.0406 e. The quantitative estimate of drug-likeness (QED) is 0.462. The van der Waals surface area contributed by atoms with Gasteiger partial charge in [0.1, 0.15) is 0 Å². The van der Waals surface area contributed by atoms with Crippen molar-refractivity contribution in [2.24, 2.45) is 0 Å². The lowest BCUT2D eigenvalue weighted by Gasteiger charge is -2.04. The normalized spacial score (nSPS) is 14.0. The molecule has 0 amide bonds. The second-order valence-corrected chi connectivity index (χ2v) is 5.90. The average molecular weight is 304 g/mol. The highest BCUT2D eigenvalue weighted by molar-refractivity contribution is 6.30. The Morgan fingerprint density at radius 1 is 0.727 bits per heavy atom. The van der Waals surface area contributed by atoms with Crippen molar-refractivity contribution in [3.8, 4) is 11.1 Å². The molecule has 0 aliphatic heterocycles. The van der Waals surface area contributed by atoms with E-state index in [2.05, 4.69) is 42.5 Å². The van der Waals surface area contributed by atoms with Crippen LogP contribution in [0.5, 0.6) is 0 Å². The fraction of sp³-hybridized carbons (Fsp3) is 0. The smallest absolute Gasteiger partial charge is 0.0406 e. The van der Waals surface area contributed by atoms with Crippen LogP contribution in [0.3, 0.4) is 0 Å². The van der Waals surface area contributed by atoms with Crippen LogP contribution in [0.15, 0.2) is 66.7 Å². The van der Waals surface area contributed by atoms with Crippen LogP contribution in [0.2, 0.25) is 5.02 Å². The predicted octanol–water partition coefficient (Wildman–Crippen LogP) is 5.49. The number of hydrogen-bond donors (Lipinski definition) is 1. The lowest BCUT2D eigenvalue weighted by molar-refractivity contribution is 1.63. The van der Waals surface area contributed by atoms with Crippen LogP contribution in [0.4, 0.5) is 5.69 Å². The predicted molar refractivity (Wildman–Crippen MR) is 94.7 cm³/mol. The van der Waals surface area contributed by atoms with Gasteiger partial charge in [0.2, 0.25) is 0 Å². The molecule has 22 heavy (non-hydrogen) atoms. The van der Waals surface area contributed by atoms with Crippen LogP contribution < -0.4 is 5.73 Å². The molecule has 1 nitrogen and oxygen atoms in total. The molecule has 2 heteroatoms. The molecule has 0 spiro atoms. The third-order valence-electron chi connectivity index (χ3n) is 4.02. The summed E-state index contributed by atoms with van der Waals surface area (Å²) < 4.78 is 0. The van der Waals surface area contributed by atoms with E-state index < -0.39 is 0 Å². The molecular formula is C20H14ClN. The molecule has 0 saturated heterocycles. The molecular weight excluding hydrogens is 290 g/mol. The van der Waals surface area contributed by atoms with Gasteiger partial charge in [-0.15, -0.1) is 0 Å². The van der Waals surface area contributed by atoms with Gasteiger partial charge in [-0.25, -0.2) is 0 Å². The van der Waals surface area contributed by atoms with Crippen molar-refractivity contribution in [3.05, 3.63) is 88.4 Å². The Kier molecular flexibility index (Phi) is 3.02. The number of hydrogen-bond acceptors (Lipinski definition) is 1. The monoisotopic (exact) mass is 303 g/mol. The van der Waals surface area contributed by atoms with Crippen LogP contribution in [0, 0.1) is 0 Å². The van der Waals surface area contributed by atoms with Gasteiger partial charge in [0.15, 0.2) is 0 Å². The third-order valence-corrected chi connectivity index (χ3v) is 4.27. The van der Waals surface area contributed by atoms with Gasteiger partial charge in [0.05, 0.1) is 0 Å². The molecule has 0 fully saturated rings. The van der Waals surface area contributed by atoms with Crippen molar-refractivity contribution in [2.45, 2.75) is 0 Å². The fourth-order valence-electron chi connectivity index (χ4n) is 3.00. The Hall–Kier alpha value is -2.51. The summed E-state index contributed by atoms with van der Waals surface area (Å²) in [7, 11) is 0. The minimum absolute atomic E-state index is 0.749. The van der Waals surface area contributed by atoms with E-state index in [-0.39, 0.29) is 0 Å². The number of nitrogen functional groups attached to an aromatic ring is 1. The van der Waals surface area contributed by atoms with E-state index in [4.69, 9.17) is 17.3 Å². The maximum absolute atomic E-state index is 6.00. The number of fused-ring (bicyclic) bond motifs is 3. The number of benzene rings is 3. The minimum atomic E-state index is 0.749. The van der Waals surface area contributed by atoms with Crippen molar-refractivity contribution in [1.82, 2.24) is 0 Å². The molecule has 0 saturated carbocycles. The van der Waals surface area contributed by atoms with Gasteiger partial charge < -0.3 is 5.73 Å². The first-order chi connectivity index (χ1) is 10.7. The van der Waals surface area contributed by atoms with E-state index in [0.717, 1.165) is 16.3 Å². The highest BCUT2D eigenvalue weighted by Crippen LogP contribution is 2.45. The van der Waals surface area contributed by atoms with Crippen LogP contribution in [-0.4, -0.2) is 0 Å². The highest BCUT2D eigenvalue weighted by Gasteiger charge is 2.22. The summed E-state index contributed by atoms with van der Waals surface area (Å²) in [4.78, 5) is 0. The topological polar surface area (TPSA) is 26.0 Å². The molecule has 1 aliphatic rings.